The highest BCUT2D eigenvalue weighted by Gasteiger charge is 2.49. The zero-order chi connectivity index (χ0) is 33.9. The molecule has 3 heterocycles. The van der Waals surface area contributed by atoms with Crippen molar-refractivity contribution >= 4 is 29.9 Å². The van der Waals surface area contributed by atoms with Crippen LogP contribution in [-0.2, 0) is 0 Å². The molecule has 1 N–H and O–H groups in total. The third-order valence-electron chi connectivity index (χ3n) is 12.0. The molecule has 256 valence electrons. The second kappa shape index (κ2) is 12.7. The number of furan rings is 1. The van der Waals surface area contributed by atoms with Gasteiger partial charge in [-0.05, 0) is 98.1 Å². The number of hydrogen-bond donors (Lipinski definition) is 1. The highest BCUT2D eigenvalue weighted by atomic mass is 16.3. The number of benzene rings is 1. The van der Waals surface area contributed by atoms with Gasteiger partial charge >= 0.3 is 0 Å². The van der Waals surface area contributed by atoms with E-state index in [4.69, 9.17) is 14.4 Å². The summed E-state index contributed by atoms with van der Waals surface area (Å²) >= 11 is 0. The first-order valence-corrected chi connectivity index (χ1v) is 19.3. The van der Waals surface area contributed by atoms with Gasteiger partial charge in [0.15, 0.2) is 6.17 Å². The van der Waals surface area contributed by atoms with Gasteiger partial charge in [-0.1, -0.05) is 104 Å². The van der Waals surface area contributed by atoms with E-state index in [-0.39, 0.29) is 30.1 Å². The van der Waals surface area contributed by atoms with Crippen LogP contribution in [0.5, 0.6) is 0 Å². The highest BCUT2D eigenvalue weighted by Crippen LogP contribution is 2.51. The molecule has 1 aromatic heterocycles. The van der Waals surface area contributed by atoms with Crippen molar-refractivity contribution in [2.45, 2.75) is 88.9 Å². The second-order valence-electron chi connectivity index (χ2n) is 15.3. The van der Waals surface area contributed by atoms with E-state index in [1.54, 1.807) is 0 Å². The fraction of sp³-hybridized carbons (Fsp3) is 0.348. The van der Waals surface area contributed by atoms with E-state index in [0.717, 1.165) is 73.4 Å². The summed E-state index contributed by atoms with van der Waals surface area (Å²) in [5.41, 5.74) is 10.3. The summed E-state index contributed by atoms with van der Waals surface area (Å²) in [6.45, 7) is 2.35. The van der Waals surface area contributed by atoms with Gasteiger partial charge in [0, 0.05) is 22.0 Å². The summed E-state index contributed by atoms with van der Waals surface area (Å²) in [6.07, 6.45) is 40.8. The van der Waals surface area contributed by atoms with Crippen molar-refractivity contribution in [3.8, 4) is 0 Å². The second-order valence-corrected chi connectivity index (χ2v) is 15.3. The van der Waals surface area contributed by atoms with Crippen molar-refractivity contribution in [2.24, 2.45) is 21.8 Å². The molecule has 0 fully saturated rings. The Bertz CT molecular complexity index is 2210. The Labute approximate surface area is 301 Å². The molecular weight excluding hydrogens is 625 g/mol. The first-order chi connectivity index (χ1) is 25.2. The molecule has 6 atom stereocenters. The van der Waals surface area contributed by atoms with Crippen molar-refractivity contribution in [1.82, 2.24) is 10.2 Å². The maximum Gasteiger partial charge on any atom is 0.165 e. The van der Waals surface area contributed by atoms with Gasteiger partial charge in [-0.25, -0.2) is 9.98 Å². The molecule has 5 unspecified atom stereocenters. The maximum atomic E-state index is 6.82. The van der Waals surface area contributed by atoms with Gasteiger partial charge in [-0.3, -0.25) is 0 Å². The van der Waals surface area contributed by atoms with Crippen LogP contribution in [0.1, 0.15) is 87.5 Å². The summed E-state index contributed by atoms with van der Waals surface area (Å²) in [4.78, 5) is 13.5. The van der Waals surface area contributed by atoms with Crippen LogP contribution in [0.3, 0.4) is 0 Å². The lowest BCUT2D eigenvalue weighted by Gasteiger charge is -2.42. The number of nitrogens with one attached hydrogen (secondary N) is 1. The molecule has 0 saturated carbocycles. The number of hydrogen-bond acceptors (Lipinski definition) is 5. The van der Waals surface area contributed by atoms with Crippen LogP contribution >= 0.6 is 0 Å². The fourth-order valence-electron chi connectivity index (χ4n) is 9.56. The lowest BCUT2D eigenvalue weighted by Crippen LogP contribution is -2.51. The van der Waals surface area contributed by atoms with Crippen LogP contribution in [0.4, 0.5) is 0 Å². The largest absolute Gasteiger partial charge is 0.460 e. The molecule has 5 heteroatoms. The van der Waals surface area contributed by atoms with E-state index >= 15 is 0 Å². The zero-order valence-corrected chi connectivity index (χ0v) is 29.5. The molecule has 2 aromatic rings. The summed E-state index contributed by atoms with van der Waals surface area (Å²) in [7, 11) is 0. The molecule has 0 amide bonds. The molecule has 51 heavy (non-hydrogen) atoms. The number of nitrogens with zero attached hydrogens (tertiary/aromatic N) is 3. The maximum absolute atomic E-state index is 6.82. The van der Waals surface area contributed by atoms with Crippen molar-refractivity contribution in [1.29, 1.82) is 0 Å². The van der Waals surface area contributed by atoms with Gasteiger partial charge in [-0.2, -0.15) is 0 Å². The topological polar surface area (TPSA) is 53.1 Å². The quantitative estimate of drug-likeness (QED) is 0.326. The van der Waals surface area contributed by atoms with Crippen LogP contribution in [0.2, 0.25) is 0 Å². The third-order valence-corrected chi connectivity index (χ3v) is 12.0. The third kappa shape index (κ3) is 5.35. The van der Waals surface area contributed by atoms with Crippen molar-refractivity contribution < 1.29 is 4.42 Å². The predicted molar refractivity (Wildman–Crippen MR) is 208 cm³/mol. The summed E-state index contributed by atoms with van der Waals surface area (Å²) in [6, 6.07) is 10.8. The average Bonchev–Trinajstić information content (AvgIpc) is 3.74. The lowest BCUT2D eigenvalue weighted by atomic mass is 9.80. The number of fused-ring (bicyclic) bond motifs is 6. The number of rotatable bonds is 5. The lowest BCUT2D eigenvalue weighted by molar-refractivity contribution is 0.236. The van der Waals surface area contributed by atoms with Gasteiger partial charge < -0.3 is 14.6 Å². The van der Waals surface area contributed by atoms with Gasteiger partial charge in [-0.15, -0.1) is 0 Å². The molecule has 1 aromatic carbocycles. The Morgan fingerprint density at radius 2 is 1.69 bits per heavy atom. The Balaban J connectivity index is 1.11. The minimum atomic E-state index is -0.204. The van der Waals surface area contributed by atoms with E-state index in [9.17, 15) is 0 Å². The smallest absolute Gasteiger partial charge is 0.165 e. The molecule has 8 aliphatic rings. The first kappa shape index (κ1) is 30.9. The van der Waals surface area contributed by atoms with Gasteiger partial charge in [0.1, 0.15) is 22.8 Å². The van der Waals surface area contributed by atoms with E-state index in [0.29, 0.717) is 5.92 Å². The van der Waals surface area contributed by atoms with Gasteiger partial charge in [0.25, 0.3) is 0 Å². The minimum absolute atomic E-state index is 0.0105. The summed E-state index contributed by atoms with van der Waals surface area (Å²) in [5, 5.41) is 5.13. The van der Waals surface area contributed by atoms with Crippen molar-refractivity contribution in [3.63, 3.8) is 0 Å². The summed E-state index contributed by atoms with van der Waals surface area (Å²) < 4.78 is 6.82. The van der Waals surface area contributed by atoms with Crippen LogP contribution in [0.15, 0.2) is 133 Å². The van der Waals surface area contributed by atoms with Crippen LogP contribution < -0.4 is 16.0 Å². The molecule has 0 spiro atoms. The molecular formula is C46H46N4O. The highest BCUT2D eigenvalue weighted by molar-refractivity contribution is 6.12. The van der Waals surface area contributed by atoms with Crippen molar-refractivity contribution in [2.75, 3.05) is 0 Å². The number of amidine groups is 2. The van der Waals surface area contributed by atoms with E-state index < -0.39 is 0 Å². The molecule has 0 bridgehead atoms. The van der Waals surface area contributed by atoms with Gasteiger partial charge in [0.05, 0.1) is 23.9 Å². The SMILES string of the molecule is CC1C=CC2=C(C1)[C@H]1c3oc4c(c3C=CC1N2C1C=CC(C2=CCCC=C2)=CC1C1=NC(C2=CCCCC2)N=C(c2ccccc2)N1)=CCCC=4. The zero-order valence-electron chi connectivity index (χ0n) is 29.5. The monoisotopic (exact) mass is 670 g/mol. The fourth-order valence-corrected chi connectivity index (χ4v) is 9.56. The Hall–Kier alpha value is -4.90. The molecule has 0 saturated heterocycles. The average molecular weight is 671 g/mol. The molecule has 5 nitrogen and oxygen atoms in total. The van der Waals surface area contributed by atoms with Crippen LogP contribution in [-0.4, -0.2) is 34.8 Å². The molecule has 0 radical (unpaired) electrons. The van der Waals surface area contributed by atoms with E-state index in [1.807, 2.05) is 0 Å². The molecule has 6 aliphatic carbocycles. The Morgan fingerprint density at radius 3 is 2.55 bits per heavy atom. The number of aliphatic imine (C=N–C) groups is 2. The van der Waals surface area contributed by atoms with E-state index in [2.05, 4.69) is 126 Å². The summed E-state index contributed by atoms with van der Waals surface area (Å²) in [5.74, 6) is 3.76. The van der Waals surface area contributed by atoms with Crippen LogP contribution in [0, 0.1) is 11.8 Å². The Kier molecular flexibility index (Phi) is 7.69. The first-order valence-electron chi connectivity index (χ1n) is 19.3. The van der Waals surface area contributed by atoms with Gasteiger partial charge in [0.2, 0.25) is 0 Å². The minimum Gasteiger partial charge on any atom is -0.460 e. The van der Waals surface area contributed by atoms with E-state index in [1.165, 1.54) is 51.6 Å². The van der Waals surface area contributed by atoms with Crippen molar-refractivity contribution in [3.05, 3.63) is 147 Å². The Morgan fingerprint density at radius 1 is 0.804 bits per heavy atom. The molecule has 2 aliphatic heterocycles. The molecule has 10 rings (SSSR count). The van der Waals surface area contributed by atoms with Crippen LogP contribution in [0.25, 0.3) is 18.2 Å². The predicted octanol–water partition coefficient (Wildman–Crippen LogP) is 8.31. The standard InChI is InChI=1S/C46H46N4O/c1-29-21-24-38-36(27-29)42-40(26-23-35-34-19-11-12-20-41(34)51-43(35)42)50(38)39-25-22-33(30-13-5-2-6-14-30)28-37(39)46-48-44(31-15-7-3-8-16-31)47-45(49-46)32-17-9-4-10-18-32/h3,5,7-8,13-17,19-26,28-29,37,39-40,42,45H,2,4,6,9-12,18,27H2,1H3,(H,47,48,49)/t29?,37?,39?,40?,42-,45?/m1/s1. The normalized spacial score (nSPS) is 30.4. The number of allylic oxidation sites excluding steroid dienone is 9.